The Morgan fingerprint density at radius 1 is 1.16 bits per heavy atom. The summed E-state index contributed by atoms with van der Waals surface area (Å²) in [6.45, 7) is 3.55. The standard InChI is InChI=1S/C24H31N5O2/c1-17(30)28-15-13-19-20(16-28)26-24(27-23(19)25-2)21-11-7-14-29(21)22(31)12-6-10-18-8-4-3-5-9-18/h3-5,8-9,21H,6-7,10-16H2,1-2H3,(H,25,26,27)/t21-/m0/s1. The summed E-state index contributed by atoms with van der Waals surface area (Å²) < 4.78 is 0. The van der Waals surface area contributed by atoms with E-state index in [1.54, 1.807) is 6.92 Å². The van der Waals surface area contributed by atoms with Gasteiger partial charge in [0.05, 0.1) is 18.3 Å². The summed E-state index contributed by atoms with van der Waals surface area (Å²) in [4.78, 5) is 38.3. The van der Waals surface area contributed by atoms with Crippen molar-refractivity contribution < 1.29 is 9.59 Å². The van der Waals surface area contributed by atoms with Crippen molar-refractivity contribution in [2.45, 2.75) is 58.0 Å². The van der Waals surface area contributed by atoms with Crippen LogP contribution in [0.3, 0.4) is 0 Å². The summed E-state index contributed by atoms with van der Waals surface area (Å²) >= 11 is 0. The van der Waals surface area contributed by atoms with Crippen LogP contribution in [-0.2, 0) is 29.0 Å². The maximum atomic E-state index is 13.0. The van der Waals surface area contributed by atoms with Gasteiger partial charge in [0.25, 0.3) is 0 Å². The first-order valence-corrected chi connectivity index (χ1v) is 11.2. The summed E-state index contributed by atoms with van der Waals surface area (Å²) in [5, 5.41) is 3.20. The van der Waals surface area contributed by atoms with E-state index in [4.69, 9.17) is 9.97 Å². The number of fused-ring (bicyclic) bond motifs is 1. The first kappa shape index (κ1) is 21.3. The zero-order valence-electron chi connectivity index (χ0n) is 18.4. The molecule has 2 aromatic rings. The summed E-state index contributed by atoms with van der Waals surface area (Å²) in [6.07, 6.45) is 4.87. The highest BCUT2D eigenvalue weighted by atomic mass is 16.2. The zero-order chi connectivity index (χ0) is 21.8. The number of nitrogens with zero attached hydrogens (tertiary/aromatic N) is 4. The average molecular weight is 422 g/mol. The van der Waals surface area contributed by atoms with Gasteiger partial charge in [0.15, 0.2) is 5.82 Å². The molecule has 7 nitrogen and oxygen atoms in total. The predicted octanol–water partition coefficient (Wildman–Crippen LogP) is 3.11. The lowest BCUT2D eigenvalue weighted by atomic mass is 10.0. The fourth-order valence-corrected chi connectivity index (χ4v) is 4.64. The Morgan fingerprint density at radius 3 is 2.71 bits per heavy atom. The van der Waals surface area contributed by atoms with Crippen LogP contribution < -0.4 is 5.32 Å². The van der Waals surface area contributed by atoms with Crippen LogP contribution in [0.4, 0.5) is 5.82 Å². The topological polar surface area (TPSA) is 78.4 Å². The molecule has 0 bridgehead atoms. The Hall–Kier alpha value is -2.96. The van der Waals surface area contributed by atoms with Crippen LogP contribution >= 0.6 is 0 Å². The van der Waals surface area contributed by atoms with Gasteiger partial charge >= 0.3 is 0 Å². The third-order valence-corrected chi connectivity index (χ3v) is 6.33. The van der Waals surface area contributed by atoms with Crippen molar-refractivity contribution in [3.63, 3.8) is 0 Å². The van der Waals surface area contributed by atoms with Crippen molar-refractivity contribution in [1.82, 2.24) is 19.8 Å². The first-order chi connectivity index (χ1) is 15.1. The summed E-state index contributed by atoms with van der Waals surface area (Å²) in [6, 6.07) is 10.2. The number of carbonyl (C=O) groups is 2. The molecule has 4 rings (SSSR count). The van der Waals surface area contributed by atoms with Gasteiger partial charge in [-0.3, -0.25) is 9.59 Å². The van der Waals surface area contributed by atoms with Gasteiger partial charge in [0.1, 0.15) is 5.82 Å². The van der Waals surface area contributed by atoms with Crippen LogP contribution in [0.15, 0.2) is 30.3 Å². The van der Waals surface area contributed by atoms with Gasteiger partial charge in [-0.15, -0.1) is 0 Å². The molecule has 3 heterocycles. The normalized spacial score (nSPS) is 18.1. The van der Waals surface area contributed by atoms with E-state index in [0.717, 1.165) is 55.7 Å². The molecule has 2 amide bonds. The molecule has 1 saturated heterocycles. The van der Waals surface area contributed by atoms with E-state index >= 15 is 0 Å². The average Bonchev–Trinajstić information content (AvgIpc) is 3.28. The minimum Gasteiger partial charge on any atom is -0.373 e. The van der Waals surface area contributed by atoms with Gasteiger partial charge in [-0.05, 0) is 37.7 Å². The number of benzene rings is 1. The van der Waals surface area contributed by atoms with E-state index in [0.29, 0.717) is 25.3 Å². The van der Waals surface area contributed by atoms with Crippen LogP contribution in [0.25, 0.3) is 0 Å². The Balaban J connectivity index is 1.48. The molecule has 1 N–H and O–H groups in total. The third kappa shape index (κ3) is 4.70. The van der Waals surface area contributed by atoms with E-state index in [1.807, 2.05) is 35.0 Å². The van der Waals surface area contributed by atoms with Crippen molar-refractivity contribution >= 4 is 17.6 Å². The zero-order valence-corrected chi connectivity index (χ0v) is 18.4. The number of anilines is 1. The van der Waals surface area contributed by atoms with Crippen molar-refractivity contribution in [3.05, 3.63) is 53.0 Å². The molecule has 2 aliphatic heterocycles. The minimum absolute atomic E-state index is 0.0629. The smallest absolute Gasteiger partial charge is 0.223 e. The Labute approximate surface area is 183 Å². The van der Waals surface area contributed by atoms with Crippen molar-refractivity contribution in [2.75, 3.05) is 25.5 Å². The molecule has 0 radical (unpaired) electrons. The number of likely N-dealkylation sites (tertiary alicyclic amines) is 1. The maximum absolute atomic E-state index is 13.0. The van der Waals surface area contributed by atoms with E-state index in [9.17, 15) is 9.59 Å². The van der Waals surface area contributed by atoms with Crippen LogP contribution in [-0.4, -0.2) is 51.7 Å². The third-order valence-electron chi connectivity index (χ3n) is 6.33. The molecule has 1 aromatic carbocycles. The van der Waals surface area contributed by atoms with Gasteiger partial charge in [0.2, 0.25) is 11.8 Å². The number of amides is 2. The molecule has 0 aliphatic carbocycles. The summed E-state index contributed by atoms with van der Waals surface area (Å²) in [5.74, 6) is 1.76. The largest absolute Gasteiger partial charge is 0.373 e. The number of rotatable bonds is 6. The van der Waals surface area contributed by atoms with E-state index in [1.165, 1.54) is 5.56 Å². The Bertz CT molecular complexity index is 946. The Morgan fingerprint density at radius 2 is 1.97 bits per heavy atom. The lowest BCUT2D eigenvalue weighted by Gasteiger charge is -2.30. The van der Waals surface area contributed by atoms with Gasteiger partial charge in [-0.2, -0.15) is 0 Å². The second-order valence-corrected chi connectivity index (χ2v) is 8.38. The van der Waals surface area contributed by atoms with E-state index in [-0.39, 0.29) is 17.9 Å². The fraction of sp³-hybridized carbons (Fsp3) is 0.500. The molecular weight excluding hydrogens is 390 g/mol. The minimum atomic E-state index is -0.0886. The second kappa shape index (κ2) is 9.45. The van der Waals surface area contributed by atoms with E-state index < -0.39 is 0 Å². The summed E-state index contributed by atoms with van der Waals surface area (Å²) in [7, 11) is 1.87. The number of nitrogens with one attached hydrogen (secondary N) is 1. The molecule has 7 heteroatoms. The lowest BCUT2D eigenvalue weighted by molar-refractivity contribution is -0.132. The molecule has 0 saturated carbocycles. The molecule has 1 atom stereocenters. The van der Waals surface area contributed by atoms with Gasteiger partial charge in [0, 0.05) is 39.0 Å². The lowest BCUT2D eigenvalue weighted by Crippen LogP contribution is -2.36. The molecule has 31 heavy (non-hydrogen) atoms. The van der Waals surface area contributed by atoms with Crippen molar-refractivity contribution in [3.8, 4) is 0 Å². The predicted molar refractivity (Wildman–Crippen MR) is 119 cm³/mol. The SMILES string of the molecule is CNc1nc([C@@H]2CCCN2C(=O)CCCc2ccccc2)nc2c1CCN(C(C)=O)C2. The number of aromatic nitrogens is 2. The number of aryl methyl sites for hydroxylation is 1. The van der Waals surface area contributed by atoms with Gasteiger partial charge in [-0.25, -0.2) is 9.97 Å². The van der Waals surface area contributed by atoms with Gasteiger partial charge in [-0.1, -0.05) is 30.3 Å². The molecule has 0 spiro atoms. The Kier molecular flexibility index (Phi) is 6.49. The van der Waals surface area contributed by atoms with Crippen LogP contribution in [0.2, 0.25) is 0 Å². The quantitative estimate of drug-likeness (QED) is 0.775. The second-order valence-electron chi connectivity index (χ2n) is 8.38. The number of carbonyl (C=O) groups excluding carboxylic acids is 2. The van der Waals surface area contributed by atoms with Crippen LogP contribution in [0, 0.1) is 0 Å². The van der Waals surface area contributed by atoms with Crippen LogP contribution in [0.1, 0.15) is 61.3 Å². The molecule has 1 aromatic heterocycles. The fourth-order valence-electron chi connectivity index (χ4n) is 4.64. The van der Waals surface area contributed by atoms with Crippen molar-refractivity contribution in [1.29, 1.82) is 0 Å². The maximum Gasteiger partial charge on any atom is 0.223 e. The molecular formula is C24H31N5O2. The first-order valence-electron chi connectivity index (χ1n) is 11.2. The highest BCUT2D eigenvalue weighted by Crippen LogP contribution is 2.33. The highest BCUT2D eigenvalue weighted by Gasteiger charge is 2.33. The van der Waals surface area contributed by atoms with Crippen LogP contribution in [0.5, 0.6) is 0 Å². The summed E-state index contributed by atoms with van der Waals surface area (Å²) in [5.41, 5.74) is 3.25. The number of hydrogen-bond donors (Lipinski definition) is 1. The molecule has 1 fully saturated rings. The van der Waals surface area contributed by atoms with Crippen molar-refractivity contribution in [2.24, 2.45) is 0 Å². The van der Waals surface area contributed by atoms with Gasteiger partial charge < -0.3 is 15.1 Å². The monoisotopic (exact) mass is 421 g/mol. The number of hydrogen-bond acceptors (Lipinski definition) is 5. The molecule has 164 valence electrons. The molecule has 2 aliphatic rings. The molecule has 0 unspecified atom stereocenters. The van der Waals surface area contributed by atoms with E-state index in [2.05, 4.69) is 17.4 Å². The highest BCUT2D eigenvalue weighted by molar-refractivity contribution is 5.77.